The van der Waals surface area contributed by atoms with Gasteiger partial charge in [0.05, 0.1) is 28.9 Å². The standard InChI is InChI=1S/C26H25N5O2/c32-23(12-18-10-11-31(30-18)20-6-2-1-3-7-20)27-19-15-26(16-19)13-17(14-26)24-21-8-4-5-9-22(21)25(33)29-28-24/h1-11,17,19H,12-16H2,(H,27,32)(H,29,33). The number of carbonyl (C=O) groups is 1. The number of nitrogens with one attached hydrogen (secondary N) is 2. The average molecular weight is 440 g/mol. The summed E-state index contributed by atoms with van der Waals surface area (Å²) in [5.74, 6) is 0.391. The van der Waals surface area contributed by atoms with E-state index in [-0.39, 0.29) is 17.5 Å². The number of hydrogen-bond acceptors (Lipinski definition) is 4. The van der Waals surface area contributed by atoms with Gasteiger partial charge in [-0.1, -0.05) is 36.4 Å². The van der Waals surface area contributed by atoms with Crippen molar-refractivity contribution in [3.05, 3.63) is 88.6 Å². The summed E-state index contributed by atoms with van der Waals surface area (Å²) in [4.78, 5) is 24.6. The predicted octanol–water partition coefficient (Wildman–Crippen LogP) is 3.49. The van der Waals surface area contributed by atoms with Crippen LogP contribution in [0.3, 0.4) is 0 Å². The highest BCUT2D eigenvalue weighted by Crippen LogP contribution is 2.62. The smallest absolute Gasteiger partial charge is 0.272 e. The number of para-hydroxylation sites is 1. The van der Waals surface area contributed by atoms with Crippen molar-refractivity contribution in [2.24, 2.45) is 5.41 Å². The zero-order valence-electron chi connectivity index (χ0n) is 18.2. The van der Waals surface area contributed by atoms with Gasteiger partial charge in [-0.3, -0.25) is 9.59 Å². The summed E-state index contributed by atoms with van der Waals surface area (Å²) in [5, 5.41) is 16.4. The molecule has 7 heteroatoms. The zero-order valence-corrected chi connectivity index (χ0v) is 18.2. The van der Waals surface area contributed by atoms with E-state index in [4.69, 9.17) is 0 Å². The molecule has 7 nitrogen and oxygen atoms in total. The molecule has 33 heavy (non-hydrogen) atoms. The predicted molar refractivity (Wildman–Crippen MR) is 125 cm³/mol. The maximum atomic E-state index is 12.5. The highest BCUT2D eigenvalue weighted by Gasteiger charge is 2.54. The van der Waals surface area contributed by atoms with Gasteiger partial charge in [0.15, 0.2) is 0 Å². The molecule has 2 N–H and O–H groups in total. The van der Waals surface area contributed by atoms with Gasteiger partial charge in [-0.15, -0.1) is 0 Å². The first-order valence-electron chi connectivity index (χ1n) is 11.5. The van der Waals surface area contributed by atoms with Gasteiger partial charge in [-0.05, 0) is 55.4 Å². The van der Waals surface area contributed by atoms with Gasteiger partial charge in [0.1, 0.15) is 0 Å². The highest BCUT2D eigenvalue weighted by molar-refractivity contribution is 5.84. The quantitative estimate of drug-likeness (QED) is 0.498. The number of nitrogens with zero attached hydrogens (tertiary/aromatic N) is 3. The fraction of sp³-hybridized carbons (Fsp3) is 0.308. The maximum Gasteiger partial charge on any atom is 0.272 e. The molecule has 6 rings (SSSR count). The molecular weight excluding hydrogens is 414 g/mol. The molecule has 1 amide bonds. The van der Waals surface area contributed by atoms with Crippen molar-refractivity contribution in [2.75, 3.05) is 0 Å². The summed E-state index contributed by atoms with van der Waals surface area (Å²) in [6.07, 6.45) is 6.32. The Hall–Kier alpha value is -3.74. The molecular formula is C26H25N5O2. The van der Waals surface area contributed by atoms with Crippen LogP contribution in [0.1, 0.15) is 43.0 Å². The second kappa shape index (κ2) is 7.69. The Morgan fingerprint density at radius 2 is 1.73 bits per heavy atom. The van der Waals surface area contributed by atoms with Crippen molar-refractivity contribution in [1.29, 1.82) is 0 Å². The van der Waals surface area contributed by atoms with Gasteiger partial charge in [0, 0.05) is 23.5 Å². The third-order valence-corrected chi connectivity index (χ3v) is 7.20. The molecule has 0 atom stereocenters. The lowest BCUT2D eigenvalue weighted by Crippen LogP contribution is -2.56. The van der Waals surface area contributed by atoms with E-state index in [1.165, 1.54) is 0 Å². The first-order valence-corrected chi connectivity index (χ1v) is 11.5. The summed E-state index contributed by atoms with van der Waals surface area (Å²) >= 11 is 0. The zero-order chi connectivity index (χ0) is 22.4. The van der Waals surface area contributed by atoms with Gasteiger partial charge < -0.3 is 5.32 Å². The second-order valence-electron chi connectivity index (χ2n) is 9.53. The van der Waals surface area contributed by atoms with Crippen LogP contribution in [0.25, 0.3) is 16.5 Å². The van der Waals surface area contributed by atoms with Gasteiger partial charge in [0.25, 0.3) is 5.56 Å². The molecule has 166 valence electrons. The molecule has 4 aromatic rings. The monoisotopic (exact) mass is 439 g/mol. The number of aromatic nitrogens is 4. The van der Waals surface area contributed by atoms with Crippen LogP contribution >= 0.6 is 0 Å². The SMILES string of the molecule is O=C(Cc1ccn(-c2ccccc2)n1)NC1CC2(C1)CC(c1n[nH]c(=O)c3ccccc13)C2. The second-order valence-corrected chi connectivity index (χ2v) is 9.53. The van der Waals surface area contributed by atoms with Gasteiger partial charge >= 0.3 is 0 Å². The lowest BCUT2D eigenvalue weighted by molar-refractivity contribution is -0.124. The lowest BCUT2D eigenvalue weighted by Gasteiger charge is -2.57. The molecule has 2 aliphatic carbocycles. The third kappa shape index (κ3) is 3.63. The van der Waals surface area contributed by atoms with Crippen molar-refractivity contribution in [1.82, 2.24) is 25.3 Å². The number of H-pyrrole nitrogens is 1. The molecule has 2 aliphatic rings. The van der Waals surface area contributed by atoms with Crippen molar-refractivity contribution < 1.29 is 4.79 Å². The van der Waals surface area contributed by atoms with Crippen LogP contribution in [-0.4, -0.2) is 31.9 Å². The molecule has 1 spiro atoms. The van der Waals surface area contributed by atoms with E-state index in [9.17, 15) is 9.59 Å². The van der Waals surface area contributed by atoms with Gasteiger partial charge in [0.2, 0.25) is 5.91 Å². The number of aromatic amines is 1. The molecule has 2 aromatic carbocycles. The Kier molecular flexibility index (Phi) is 4.64. The number of amides is 1. The lowest BCUT2D eigenvalue weighted by atomic mass is 9.49. The summed E-state index contributed by atoms with van der Waals surface area (Å²) in [6.45, 7) is 0. The Morgan fingerprint density at radius 3 is 2.52 bits per heavy atom. The minimum Gasteiger partial charge on any atom is -0.353 e. The average Bonchev–Trinajstić information content (AvgIpc) is 3.24. The largest absolute Gasteiger partial charge is 0.353 e. The Balaban J connectivity index is 1.03. The molecule has 0 radical (unpaired) electrons. The highest BCUT2D eigenvalue weighted by atomic mass is 16.1. The normalized spacial score (nSPS) is 23.8. The van der Waals surface area contributed by atoms with Crippen molar-refractivity contribution >= 4 is 16.7 Å². The molecule has 0 bridgehead atoms. The Labute approximate surface area is 190 Å². The van der Waals surface area contributed by atoms with E-state index in [0.29, 0.717) is 23.1 Å². The van der Waals surface area contributed by atoms with Gasteiger partial charge in [-0.2, -0.15) is 10.2 Å². The van der Waals surface area contributed by atoms with Crippen LogP contribution in [0.15, 0.2) is 71.7 Å². The topological polar surface area (TPSA) is 92.7 Å². The third-order valence-electron chi connectivity index (χ3n) is 7.20. The van der Waals surface area contributed by atoms with Crippen LogP contribution < -0.4 is 10.9 Å². The van der Waals surface area contributed by atoms with Crippen LogP contribution in [-0.2, 0) is 11.2 Å². The fourth-order valence-corrected chi connectivity index (χ4v) is 5.67. The molecule has 0 aliphatic heterocycles. The summed E-state index contributed by atoms with van der Waals surface area (Å²) < 4.78 is 1.80. The summed E-state index contributed by atoms with van der Waals surface area (Å²) in [7, 11) is 0. The molecule has 2 heterocycles. The van der Waals surface area contributed by atoms with Crippen LogP contribution in [0.2, 0.25) is 0 Å². The molecule has 2 aromatic heterocycles. The number of fused-ring (bicyclic) bond motifs is 1. The van der Waals surface area contributed by atoms with Crippen LogP contribution in [0, 0.1) is 5.41 Å². The molecule has 2 saturated carbocycles. The number of carbonyl (C=O) groups excluding carboxylic acids is 1. The molecule has 2 fully saturated rings. The fourth-order valence-electron chi connectivity index (χ4n) is 5.67. The number of hydrogen-bond donors (Lipinski definition) is 2. The summed E-state index contributed by atoms with van der Waals surface area (Å²) in [6, 6.07) is 19.7. The van der Waals surface area contributed by atoms with Crippen molar-refractivity contribution in [3.8, 4) is 5.69 Å². The minimum absolute atomic E-state index is 0.0253. The summed E-state index contributed by atoms with van der Waals surface area (Å²) in [5.41, 5.74) is 2.91. The Morgan fingerprint density at radius 1 is 1.00 bits per heavy atom. The van der Waals surface area contributed by atoms with E-state index >= 15 is 0 Å². The van der Waals surface area contributed by atoms with E-state index in [1.807, 2.05) is 66.9 Å². The van der Waals surface area contributed by atoms with E-state index < -0.39 is 0 Å². The number of rotatable bonds is 5. The van der Waals surface area contributed by atoms with Crippen LogP contribution in [0.5, 0.6) is 0 Å². The van der Waals surface area contributed by atoms with Crippen molar-refractivity contribution in [3.63, 3.8) is 0 Å². The molecule has 0 unspecified atom stereocenters. The maximum absolute atomic E-state index is 12.5. The van der Waals surface area contributed by atoms with E-state index in [0.717, 1.165) is 48.1 Å². The van der Waals surface area contributed by atoms with E-state index in [2.05, 4.69) is 20.6 Å². The minimum atomic E-state index is -0.136. The molecule has 0 saturated heterocycles. The Bertz CT molecular complexity index is 1380. The van der Waals surface area contributed by atoms with Gasteiger partial charge in [-0.25, -0.2) is 9.78 Å². The van der Waals surface area contributed by atoms with E-state index in [1.54, 1.807) is 4.68 Å². The first-order chi connectivity index (χ1) is 16.1. The number of benzene rings is 2. The van der Waals surface area contributed by atoms with Crippen molar-refractivity contribution in [2.45, 2.75) is 44.1 Å². The van der Waals surface area contributed by atoms with Crippen LogP contribution in [0.4, 0.5) is 0 Å². The first kappa shape index (κ1) is 19.9.